The molecule has 3 N–H and O–H groups in total. The van der Waals surface area contributed by atoms with E-state index < -0.39 is 5.60 Å². The first-order valence-electron chi connectivity index (χ1n) is 8.14. The van der Waals surface area contributed by atoms with Gasteiger partial charge in [-0.05, 0) is 50.2 Å². The first kappa shape index (κ1) is 17.2. The van der Waals surface area contributed by atoms with Crippen molar-refractivity contribution in [3.8, 4) is 0 Å². The highest BCUT2D eigenvalue weighted by atomic mass is 16.5. The van der Waals surface area contributed by atoms with Crippen LogP contribution in [0.15, 0.2) is 47.3 Å². The third-order valence-electron chi connectivity index (χ3n) is 4.38. The van der Waals surface area contributed by atoms with Crippen molar-refractivity contribution in [3.63, 3.8) is 0 Å². The molecule has 2 amide bonds. The second-order valence-electron chi connectivity index (χ2n) is 5.95. The van der Waals surface area contributed by atoms with Gasteiger partial charge < -0.3 is 25.1 Å². The van der Waals surface area contributed by atoms with Gasteiger partial charge in [0.25, 0.3) is 11.8 Å². The van der Waals surface area contributed by atoms with Crippen molar-refractivity contribution >= 4 is 23.2 Å². The molecule has 1 fully saturated rings. The minimum absolute atomic E-state index is 0.171. The summed E-state index contributed by atoms with van der Waals surface area (Å²) in [6.45, 7) is 1.48. The number of carbonyl (C=O) groups excluding carboxylic acids is 2. The highest BCUT2D eigenvalue weighted by Gasteiger charge is 2.39. The van der Waals surface area contributed by atoms with Crippen molar-refractivity contribution in [2.45, 2.75) is 18.4 Å². The van der Waals surface area contributed by atoms with Gasteiger partial charge in [-0.15, -0.1) is 0 Å². The first-order chi connectivity index (χ1) is 12.1. The molecule has 7 heteroatoms. The van der Waals surface area contributed by atoms with Crippen LogP contribution in [0.3, 0.4) is 0 Å². The van der Waals surface area contributed by atoms with Crippen molar-refractivity contribution in [3.05, 3.63) is 48.4 Å². The minimum Gasteiger partial charge on any atom is -0.472 e. The first-order valence-corrected chi connectivity index (χ1v) is 8.14. The van der Waals surface area contributed by atoms with E-state index in [1.807, 2.05) is 0 Å². The van der Waals surface area contributed by atoms with Crippen LogP contribution in [0.2, 0.25) is 0 Å². The van der Waals surface area contributed by atoms with E-state index in [1.54, 1.807) is 37.4 Å². The molecule has 0 radical (unpaired) electrons. The maximum absolute atomic E-state index is 12.7. The van der Waals surface area contributed by atoms with Crippen LogP contribution in [-0.4, -0.2) is 37.6 Å². The van der Waals surface area contributed by atoms with E-state index in [0.717, 1.165) is 13.1 Å². The van der Waals surface area contributed by atoms with Crippen LogP contribution in [0.4, 0.5) is 11.4 Å². The number of benzene rings is 1. The van der Waals surface area contributed by atoms with Gasteiger partial charge in [0.15, 0.2) is 0 Å². The Labute approximate surface area is 145 Å². The van der Waals surface area contributed by atoms with Gasteiger partial charge in [0, 0.05) is 18.5 Å². The lowest BCUT2D eigenvalue weighted by Gasteiger charge is -2.34. The van der Waals surface area contributed by atoms with Crippen LogP contribution in [-0.2, 0) is 9.53 Å². The van der Waals surface area contributed by atoms with Gasteiger partial charge in [-0.3, -0.25) is 9.59 Å². The number of hydrogen-bond acceptors (Lipinski definition) is 5. The fourth-order valence-electron chi connectivity index (χ4n) is 2.87. The lowest BCUT2D eigenvalue weighted by Crippen LogP contribution is -2.51. The summed E-state index contributed by atoms with van der Waals surface area (Å²) in [4.78, 5) is 24.7. The third kappa shape index (κ3) is 3.89. The molecular weight excluding hydrogens is 322 g/mol. The summed E-state index contributed by atoms with van der Waals surface area (Å²) in [5.41, 5.74) is 0.801. The predicted octanol–water partition coefficient (Wildman–Crippen LogP) is 2.24. The SMILES string of the molecule is COC1(C(=O)Nc2cccc(NC(=O)c3ccoc3)c2)CCNCC1. The standard InChI is InChI=1S/C18H21N3O4/c1-24-18(6-8-19-9-7-18)17(23)21-15-4-2-3-14(11-15)20-16(22)13-5-10-25-12-13/h2-5,10-12,19H,6-9H2,1H3,(H,20,22)(H,21,23). The Morgan fingerprint density at radius 1 is 1.16 bits per heavy atom. The Morgan fingerprint density at radius 3 is 2.52 bits per heavy atom. The number of rotatable bonds is 5. The molecule has 0 atom stereocenters. The van der Waals surface area contributed by atoms with E-state index >= 15 is 0 Å². The van der Waals surface area contributed by atoms with Gasteiger partial charge in [0.2, 0.25) is 0 Å². The highest BCUT2D eigenvalue weighted by Crippen LogP contribution is 2.25. The predicted molar refractivity (Wildman–Crippen MR) is 93.6 cm³/mol. The van der Waals surface area contributed by atoms with Gasteiger partial charge in [0.1, 0.15) is 11.9 Å². The number of ether oxygens (including phenoxy) is 1. The minimum atomic E-state index is -0.818. The van der Waals surface area contributed by atoms with Gasteiger partial charge >= 0.3 is 0 Å². The van der Waals surface area contributed by atoms with Crippen molar-refractivity contribution in [2.75, 3.05) is 30.8 Å². The molecule has 1 aliphatic rings. The second kappa shape index (κ2) is 7.50. The molecular formula is C18H21N3O4. The largest absolute Gasteiger partial charge is 0.472 e. The normalized spacial score (nSPS) is 16.2. The fraction of sp³-hybridized carbons (Fsp3) is 0.333. The van der Waals surface area contributed by atoms with Gasteiger partial charge in [-0.1, -0.05) is 6.07 Å². The molecule has 1 aromatic heterocycles. The van der Waals surface area contributed by atoms with Gasteiger partial charge in [-0.25, -0.2) is 0 Å². The number of anilines is 2. The zero-order chi connectivity index (χ0) is 17.7. The summed E-state index contributed by atoms with van der Waals surface area (Å²) in [7, 11) is 1.56. The Kier molecular flexibility index (Phi) is 5.16. The highest BCUT2D eigenvalue weighted by molar-refractivity contribution is 6.04. The number of amides is 2. The molecule has 0 unspecified atom stereocenters. The maximum Gasteiger partial charge on any atom is 0.258 e. The van der Waals surface area contributed by atoms with Crippen molar-refractivity contribution in [2.24, 2.45) is 0 Å². The van der Waals surface area contributed by atoms with E-state index in [1.165, 1.54) is 12.5 Å². The van der Waals surface area contributed by atoms with E-state index in [2.05, 4.69) is 16.0 Å². The molecule has 2 aromatic rings. The van der Waals surface area contributed by atoms with Crippen LogP contribution in [0.25, 0.3) is 0 Å². The van der Waals surface area contributed by atoms with Crippen LogP contribution >= 0.6 is 0 Å². The molecule has 1 saturated heterocycles. The lowest BCUT2D eigenvalue weighted by atomic mass is 9.91. The third-order valence-corrected chi connectivity index (χ3v) is 4.38. The molecule has 0 spiro atoms. The monoisotopic (exact) mass is 343 g/mol. The molecule has 1 aliphatic heterocycles. The maximum atomic E-state index is 12.7. The Balaban J connectivity index is 1.69. The van der Waals surface area contributed by atoms with Gasteiger partial charge in [-0.2, -0.15) is 0 Å². The molecule has 3 rings (SSSR count). The summed E-state index contributed by atoms with van der Waals surface area (Å²) in [6, 6.07) is 8.59. The topological polar surface area (TPSA) is 92.6 Å². The average molecular weight is 343 g/mol. The number of methoxy groups -OCH3 is 1. The zero-order valence-corrected chi connectivity index (χ0v) is 14.0. The molecule has 0 bridgehead atoms. The van der Waals surface area contributed by atoms with Gasteiger partial charge in [0.05, 0.1) is 11.8 Å². The van der Waals surface area contributed by atoms with Crippen LogP contribution < -0.4 is 16.0 Å². The Bertz CT molecular complexity index is 737. The summed E-state index contributed by atoms with van der Waals surface area (Å²) < 4.78 is 10.4. The van der Waals surface area contributed by atoms with Crippen molar-refractivity contribution in [1.82, 2.24) is 5.32 Å². The smallest absolute Gasteiger partial charge is 0.258 e. The lowest BCUT2D eigenvalue weighted by molar-refractivity contribution is -0.140. The number of piperidine rings is 1. The van der Waals surface area contributed by atoms with Crippen LogP contribution in [0.1, 0.15) is 23.2 Å². The zero-order valence-electron chi connectivity index (χ0n) is 14.0. The molecule has 2 heterocycles. The number of furan rings is 1. The van der Waals surface area contributed by atoms with Crippen LogP contribution in [0.5, 0.6) is 0 Å². The summed E-state index contributed by atoms with van der Waals surface area (Å²) >= 11 is 0. The molecule has 7 nitrogen and oxygen atoms in total. The quantitative estimate of drug-likeness (QED) is 0.774. The number of carbonyl (C=O) groups is 2. The fourth-order valence-corrected chi connectivity index (χ4v) is 2.87. The Morgan fingerprint density at radius 2 is 1.88 bits per heavy atom. The van der Waals surface area contributed by atoms with Crippen molar-refractivity contribution in [1.29, 1.82) is 0 Å². The molecule has 0 saturated carbocycles. The summed E-state index contributed by atoms with van der Waals surface area (Å²) in [5.74, 6) is -0.446. The van der Waals surface area contributed by atoms with Crippen LogP contribution in [0, 0.1) is 0 Å². The number of hydrogen-bond donors (Lipinski definition) is 3. The molecule has 0 aliphatic carbocycles. The van der Waals surface area contributed by atoms with E-state index in [4.69, 9.17) is 9.15 Å². The second-order valence-corrected chi connectivity index (χ2v) is 5.95. The summed E-state index contributed by atoms with van der Waals surface area (Å²) in [6.07, 6.45) is 4.05. The van der Waals surface area contributed by atoms with E-state index in [-0.39, 0.29) is 11.8 Å². The average Bonchev–Trinajstić information content (AvgIpc) is 3.17. The van der Waals surface area contributed by atoms with E-state index in [0.29, 0.717) is 29.8 Å². The Hall–Kier alpha value is -2.64. The van der Waals surface area contributed by atoms with Crippen molar-refractivity contribution < 1.29 is 18.7 Å². The molecule has 1 aromatic carbocycles. The molecule has 25 heavy (non-hydrogen) atoms. The summed E-state index contributed by atoms with van der Waals surface area (Å²) in [5, 5.41) is 8.88. The van der Waals surface area contributed by atoms with E-state index in [9.17, 15) is 9.59 Å². The number of nitrogens with one attached hydrogen (secondary N) is 3. The molecule has 132 valence electrons.